The van der Waals surface area contributed by atoms with Gasteiger partial charge in [0.1, 0.15) is 0 Å². The van der Waals surface area contributed by atoms with Crippen LogP contribution in [0.1, 0.15) is 31.0 Å². The molecule has 0 saturated carbocycles. The maximum absolute atomic E-state index is 3.31. The zero-order chi connectivity index (χ0) is 11.7. The molecule has 0 saturated heterocycles. The minimum absolute atomic E-state index is 0.401. The van der Waals surface area contributed by atoms with Crippen molar-refractivity contribution in [2.24, 2.45) is 0 Å². The highest BCUT2D eigenvalue weighted by Crippen LogP contribution is 2.27. The van der Waals surface area contributed by atoms with E-state index in [2.05, 4.69) is 55.1 Å². The number of aryl methyl sites for hydroxylation is 2. The average Bonchev–Trinajstić information content (AvgIpc) is 2.66. The van der Waals surface area contributed by atoms with Crippen molar-refractivity contribution in [3.05, 3.63) is 35.5 Å². The van der Waals surface area contributed by atoms with Crippen molar-refractivity contribution in [3.8, 4) is 0 Å². The first-order chi connectivity index (χ1) is 7.67. The Morgan fingerprint density at radius 3 is 2.75 bits per heavy atom. The van der Waals surface area contributed by atoms with Gasteiger partial charge >= 0.3 is 0 Å². The van der Waals surface area contributed by atoms with Crippen molar-refractivity contribution in [1.82, 2.24) is 9.88 Å². The zero-order valence-electron chi connectivity index (χ0n) is 10.5. The van der Waals surface area contributed by atoms with Crippen LogP contribution in [0.3, 0.4) is 0 Å². The normalized spacial score (nSPS) is 13.2. The summed E-state index contributed by atoms with van der Waals surface area (Å²) in [6.45, 7) is 7.56. The topological polar surface area (TPSA) is 17.0 Å². The third-order valence-electron chi connectivity index (χ3n) is 3.31. The van der Waals surface area contributed by atoms with Crippen LogP contribution in [0.4, 0.5) is 0 Å². The predicted octanol–water partition coefficient (Wildman–Crippen LogP) is 3.25. The summed E-state index contributed by atoms with van der Waals surface area (Å²) >= 11 is 0. The second-order valence-electron chi connectivity index (χ2n) is 4.40. The van der Waals surface area contributed by atoms with Crippen molar-refractivity contribution < 1.29 is 0 Å². The molecule has 1 unspecified atom stereocenters. The molecule has 2 heteroatoms. The first-order valence-electron chi connectivity index (χ1n) is 5.94. The Labute approximate surface area is 97.3 Å². The van der Waals surface area contributed by atoms with E-state index >= 15 is 0 Å². The van der Waals surface area contributed by atoms with Gasteiger partial charge in [-0.2, -0.15) is 0 Å². The SMILES string of the molecule is CCn1cc(C(C)NC)c2ccc(C)cc21. The Morgan fingerprint density at radius 1 is 1.38 bits per heavy atom. The fourth-order valence-corrected chi connectivity index (χ4v) is 2.19. The van der Waals surface area contributed by atoms with Gasteiger partial charge in [-0.15, -0.1) is 0 Å². The summed E-state index contributed by atoms with van der Waals surface area (Å²) in [5.41, 5.74) is 4.06. The Morgan fingerprint density at radius 2 is 2.12 bits per heavy atom. The minimum Gasteiger partial charge on any atom is -0.347 e. The van der Waals surface area contributed by atoms with E-state index in [0.717, 1.165) is 6.54 Å². The number of nitrogens with one attached hydrogen (secondary N) is 1. The van der Waals surface area contributed by atoms with Gasteiger partial charge in [-0.3, -0.25) is 0 Å². The number of hydrogen-bond acceptors (Lipinski definition) is 1. The third-order valence-corrected chi connectivity index (χ3v) is 3.31. The van der Waals surface area contributed by atoms with Crippen molar-refractivity contribution in [3.63, 3.8) is 0 Å². The average molecular weight is 216 g/mol. The quantitative estimate of drug-likeness (QED) is 0.833. The second kappa shape index (κ2) is 4.30. The van der Waals surface area contributed by atoms with E-state index in [4.69, 9.17) is 0 Å². The lowest BCUT2D eigenvalue weighted by atomic mass is 10.1. The van der Waals surface area contributed by atoms with Gasteiger partial charge < -0.3 is 9.88 Å². The lowest BCUT2D eigenvalue weighted by Gasteiger charge is -2.08. The minimum atomic E-state index is 0.401. The van der Waals surface area contributed by atoms with E-state index in [-0.39, 0.29) is 0 Å². The van der Waals surface area contributed by atoms with E-state index in [1.54, 1.807) is 0 Å². The van der Waals surface area contributed by atoms with Crippen LogP contribution in [0.2, 0.25) is 0 Å². The van der Waals surface area contributed by atoms with Crippen LogP contribution in [0.5, 0.6) is 0 Å². The number of benzene rings is 1. The van der Waals surface area contributed by atoms with E-state index in [0.29, 0.717) is 6.04 Å². The molecule has 0 bridgehead atoms. The monoisotopic (exact) mass is 216 g/mol. The molecule has 0 aliphatic carbocycles. The number of aromatic nitrogens is 1. The van der Waals surface area contributed by atoms with E-state index < -0.39 is 0 Å². The highest BCUT2D eigenvalue weighted by molar-refractivity contribution is 5.85. The van der Waals surface area contributed by atoms with E-state index in [1.165, 1.54) is 22.0 Å². The molecule has 1 atom stereocenters. The van der Waals surface area contributed by atoms with Crippen molar-refractivity contribution in [2.45, 2.75) is 33.4 Å². The van der Waals surface area contributed by atoms with E-state index in [9.17, 15) is 0 Å². The zero-order valence-corrected chi connectivity index (χ0v) is 10.5. The summed E-state index contributed by atoms with van der Waals surface area (Å²) in [6, 6.07) is 7.09. The first kappa shape index (κ1) is 11.2. The fraction of sp³-hybridized carbons (Fsp3) is 0.429. The van der Waals surface area contributed by atoms with Gasteiger partial charge in [0, 0.05) is 29.7 Å². The molecule has 1 aromatic heterocycles. The number of fused-ring (bicyclic) bond motifs is 1. The van der Waals surface area contributed by atoms with Gasteiger partial charge in [-0.25, -0.2) is 0 Å². The summed E-state index contributed by atoms with van der Waals surface area (Å²) < 4.78 is 2.32. The lowest BCUT2D eigenvalue weighted by Crippen LogP contribution is -2.11. The lowest BCUT2D eigenvalue weighted by molar-refractivity contribution is 0.651. The maximum atomic E-state index is 3.31. The van der Waals surface area contributed by atoms with Gasteiger partial charge in [0.05, 0.1) is 0 Å². The van der Waals surface area contributed by atoms with Crippen LogP contribution in [0, 0.1) is 6.92 Å². The fourth-order valence-electron chi connectivity index (χ4n) is 2.19. The van der Waals surface area contributed by atoms with Gasteiger partial charge in [0.2, 0.25) is 0 Å². The molecule has 0 aliphatic rings. The maximum Gasteiger partial charge on any atom is 0.0486 e. The summed E-state index contributed by atoms with van der Waals surface area (Å²) in [5.74, 6) is 0. The smallest absolute Gasteiger partial charge is 0.0486 e. The molecular formula is C14H20N2. The molecule has 1 aromatic carbocycles. The standard InChI is InChI=1S/C14H20N2/c1-5-16-9-13(11(3)15-4)12-7-6-10(2)8-14(12)16/h6-9,11,15H,5H2,1-4H3. The molecule has 2 rings (SSSR count). The molecule has 16 heavy (non-hydrogen) atoms. The third kappa shape index (κ3) is 1.74. The molecule has 0 amide bonds. The molecule has 1 N–H and O–H groups in total. The van der Waals surface area contributed by atoms with Crippen LogP contribution >= 0.6 is 0 Å². The Kier molecular flexibility index (Phi) is 3.01. The highest BCUT2D eigenvalue weighted by Gasteiger charge is 2.11. The summed E-state index contributed by atoms with van der Waals surface area (Å²) in [6.07, 6.45) is 2.27. The molecule has 2 nitrogen and oxygen atoms in total. The number of nitrogens with zero attached hydrogens (tertiary/aromatic N) is 1. The molecule has 2 aromatic rings. The molecule has 0 spiro atoms. The van der Waals surface area contributed by atoms with Crippen LogP contribution in [-0.2, 0) is 6.54 Å². The number of hydrogen-bond donors (Lipinski definition) is 1. The largest absolute Gasteiger partial charge is 0.347 e. The van der Waals surface area contributed by atoms with Gasteiger partial charge in [-0.1, -0.05) is 12.1 Å². The van der Waals surface area contributed by atoms with Crippen molar-refractivity contribution in [1.29, 1.82) is 0 Å². The predicted molar refractivity (Wildman–Crippen MR) is 69.8 cm³/mol. The van der Waals surface area contributed by atoms with Crippen molar-refractivity contribution >= 4 is 10.9 Å². The molecule has 1 heterocycles. The molecule has 0 aliphatic heterocycles. The van der Waals surface area contributed by atoms with E-state index in [1.807, 2.05) is 7.05 Å². The van der Waals surface area contributed by atoms with Crippen molar-refractivity contribution in [2.75, 3.05) is 7.05 Å². The highest BCUT2D eigenvalue weighted by atomic mass is 15.0. The molecular weight excluding hydrogens is 196 g/mol. The Balaban J connectivity index is 2.67. The first-order valence-corrected chi connectivity index (χ1v) is 5.94. The Hall–Kier alpha value is -1.28. The summed E-state index contributed by atoms with van der Waals surface area (Å²) in [7, 11) is 2.01. The van der Waals surface area contributed by atoms with Gasteiger partial charge in [0.15, 0.2) is 0 Å². The molecule has 0 radical (unpaired) electrons. The molecule has 86 valence electrons. The molecule has 0 fully saturated rings. The number of rotatable bonds is 3. The van der Waals surface area contributed by atoms with Crippen LogP contribution < -0.4 is 5.32 Å². The Bertz CT molecular complexity index is 497. The summed E-state index contributed by atoms with van der Waals surface area (Å²) in [4.78, 5) is 0. The van der Waals surface area contributed by atoms with Crippen LogP contribution in [-0.4, -0.2) is 11.6 Å². The van der Waals surface area contributed by atoms with Gasteiger partial charge in [-0.05, 0) is 45.0 Å². The van der Waals surface area contributed by atoms with Crippen LogP contribution in [0.15, 0.2) is 24.4 Å². The van der Waals surface area contributed by atoms with Gasteiger partial charge in [0.25, 0.3) is 0 Å². The van der Waals surface area contributed by atoms with Crippen LogP contribution in [0.25, 0.3) is 10.9 Å². The summed E-state index contributed by atoms with van der Waals surface area (Å²) in [5, 5.41) is 4.68. The second-order valence-corrected chi connectivity index (χ2v) is 4.40.